The fourth-order valence-corrected chi connectivity index (χ4v) is 6.17. The van der Waals surface area contributed by atoms with Crippen LogP contribution in [-0.4, -0.2) is 59.5 Å². The zero-order chi connectivity index (χ0) is 27.8. The Balaban J connectivity index is 1.35. The van der Waals surface area contributed by atoms with Gasteiger partial charge in [0.05, 0.1) is 9.85 Å². The zero-order valence-electron chi connectivity index (χ0n) is 20.1. The minimum absolute atomic E-state index is 0.119. The first-order valence-electron chi connectivity index (χ1n) is 11.2. The number of nitrogens with one attached hydrogen (secondary N) is 1. The van der Waals surface area contributed by atoms with Crippen LogP contribution < -0.4 is 5.32 Å². The highest BCUT2D eigenvalue weighted by Gasteiger charge is 2.73. The van der Waals surface area contributed by atoms with Gasteiger partial charge in [0.15, 0.2) is 16.8 Å². The monoisotopic (exact) mass is 546 g/mol. The number of hydrogen-bond acceptors (Lipinski definition) is 10. The van der Waals surface area contributed by atoms with Crippen molar-refractivity contribution in [1.29, 1.82) is 0 Å². The molecule has 4 rings (SSSR count). The number of carbonyl (C=O) groups is 3. The number of fused-ring (bicyclic) bond motifs is 1. The van der Waals surface area contributed by atoms with Gasteiger partial charge in [0.2, 0.25) is 5.37 Å². The fraction of sp³-hybridized carbons (Fsp3) is 0.348. The SMILES string of the molecule is CC1(C)C(C(=O)OCc2ccc([N+](=O)[O-])cc2)N2C(=O)[C@@H](NC(=O)OCc3ccc([N+](=O)[O-])cc3)[C@H]2[S@@+]1[O-]. The van der Waals surface area contributed by atoms with Crippen LogP contribution >= 0.6 is 0 Å². The molecule has 4 atom stereocenters. The molecule has 0 bridgehead atoms. The maximum atomic E-state index is 13.2. The average molecular weight is 547 g/mol. The number of esters is 1. The van der Waals surface area contributed by atoms with Crippen LogP contribution in [0.5, 0.6) is 0 Å². The topological polar surface area (TPSA) is 194 Å². The molecule has 0 aliphatic carbocycles. The summed E-state index contributed by atoms with van der Waals surface area (Å²) in [6.07, 6.45) is -0.958. The molecule has 2 amide bonds. The predicted molar refractivity (Wildman–Crippen MR) is 130 cm³/mol. The molecule has 14 nitrogen and oxygen atoms in total. The Morgan fingerprint density at radius 2 is 1.42 bits per heavy atom. The van der Waals surface area contributed by atoms with Crippen molar-refractivity contribution in [2.24, 2.45) is 0 Å². The first kappa shape index (κ1) is 26.8. The van der Waals surface area contributed by atoms with Gasteiger partial charge in [-0.15, -0.1) is 0 Å². The van der Waals surface area contributed by atoms with Crippen molar-refractivity contribution in [3.63, 3.8) is 0 Å². The van der Waals surface area contributed by atoms with E-state index in [1.807, 2.05) is 0 Å². The van der Waals surface area contributed by atoms with Crippen LogP contribution in [0.1, 0.15) is 25.0 Å². The standard InChI is InChI=1S/C23H22N4O10S/c1-23(2)18(21(29)36-11-13-3-7-15(8-4-13)26(31)32)25-19(28)17(20(25)38(23)35)24-22(30)37-12-14-5-9-16(10-6-14)27(33)34/h3-10,17-18,20H,11-12H2,1-2H3,(H,24,30)/t17-,18?,20-,38-/m1/s1. The van der Waals surface area contributed by atoms with Crippen LogP contribution in [0.15, 0.2) is 48.5 Å². The highest BCUT2D eigenvalue weighted by atomic mass is 32.2. The summed E-state index contributed by atoms with van der Waals surface area (Å²) in [6.45, 7) is 2.68. The Morgan fingerprint density at radius 1 is 0.947 bits per heavy atom. The molecule has 2 fully saturated rings. The summed E-state index contributed by atoms with van der Waals surface area (Å²) in [6, 6.07) is 8.41. The quantitative estimate of drug-likeness (QED) is 0.168. The maximum Gasteiger partial charge on any atom is 0.408 e. The molecule has 2 aliphatic heterocycles. The molecule has 15 heteroatoms. The van der Waals surface area contributed by atoms with E-state index in [4.69, 9.17) is 9.47 Å². The van der Waals surface area contributed by atoms with Crippen LogP contribution in [0.3, 0.4) is 0 Å². The van der Waals surface area contributed by atoms with Gasteiger partial charge in [0.1, 0.15) is 13.2 Å². The largest absolute Gasteiger partial charge is 0.614 e. The number of nitrogens with zero attached hydrogens (tertiary/aromatic N) is 3. The molecule has 2 saturated heterocycles. The van der Waals surface area contributed by atoms with E-state index in [-0.39, 0.29) is 24.6 Å². The summed E-state index contributed by atoms with van der Waals surface area (Å²) in [7, 11) is 0. The maximum absolute atomic E-state index is 13.2. The lowest BCUT2D eigenvalue weighted by Crippen LogP contribution is -2.72. The van der Waals surface area contributed by atoms with Gasteiger partial charge < -0.3 is 19.3 Å². The number of hydrogen-bond donors (Lipinski definition) is 1. The Bertz CT molecular complexity index is 1280. The molecule has 2 aromatic carbocycles. The summed E-state index contributed by atoms with van der Waals surface area (Å²) < 4.78 is 22.4. The van der Waals surface area contributed by atoms with Gasteiger partial charge in [-0.3, -0.25) is 29.9 Å². The molecule has 0 spiro atoms. The van der Waals surface area contributed by atoms with Gasteiger partial charge in [0, 0.05) is 24.3 Å². The first-order chi connectivity index (χ1) is 17.9. The number of nitro benzene ring substituents is 2. The van der Waals surface area contributed by atoms with Gasteiger partial charge in [-0.25, -0.2) is 9.59 Å². The summed E-state index contributed by atoms with van der Waals surface area (Å²) in [5, 5.41) is 22.9. The molecule has 0 radical (unpaired) electrons. The highest BCUT2D eigenvalue weighted by Crippen LogP contribution is 2.46. The lowest BCUT2D eigenvalue weighted by Gasteiger charge is -2.41. The van der Waals surface area contributed by atoms with Gasteiger partial charge >= 0.3 is 12.1 Å². The molecule has 200 valence electrons. The van der Waals surface area contributed by atoms with E-state index in [1.165, 1.54) is 48.5 Å². The van der Waals surface area contributed by atoms with Crippen molar-refractivity contribution < 1.29 is 38.3 Å². The number of carbonyl (C=O) groups excluding carboxylic acids is 3. The zero-order valence-corrected chi connectivity index (χ0v) is 20.9. The van der Waals surface area contributed by atoms with Gasteiger partial charge in [-0.1, -0.05) is 0 Å². The molecule has 0 aromatic heterocycles. The summed E-state index contributed by atoms with van der Waals surface area (Å²) in [4.78, 5) is 59.6. The van der Waals surface area contributed by atoms with Gasteiger partial charge in [0.25, 0.3) is 17.3 Å². The number of nitro groups is 2. The number of β-lactam (4-membered cyclic amide) rings is 1. The summed E-state index contributed by atoms with van der Waals surface area (Å²) >= 11 is -1.75. The summed E-state index contributed by atoms with van der Waals surface area (Å²) in [5.74, 6) is -1.42. The number of rotatable bonds is 8. The third-order valence-corrected chi connectivity index (χ3v) is 8.49. The smallest absolute Gasteiger partial charge is 0.408 e. The third-order valence-electron chi connectivity index (χ3n) is 6.30. The fourth-order valence-electron chi connectivity index (χ4n) is 4.25. The van der Waals surface area contributed by atoms with Gasteiger partial charge in [-0.05, 0) is 60.4 Å². The Hall–Kier alpha value is -4.24. The lowest BCUT2D eigenvalue weighted by molar-refractivity contribution is -0.385. The summed E-state index contributed by atoms with van der Waals surface area (Å²) in [5.41, 5.74) is 0.730. The van der Waals surface area contributed by atoms with Crippen LogP contribution in [0.2, 0.25) is 0 Å². The van der Waals surface area contributed by atoms with E-state index in [1.54, 1.807) is 13.8 Å². The van der Waals surface area contributed by atoms with E-state index < -0.39 is 61.2 Å². The minimum Gasteiger partial charge on any atom is -0.614 e. The number of benzene rings is 2. The van der Waals surface area contributed by atoms with E-state index in [0.717, 1.165) is 4.90 Å². The molecule has 2 aliphatic rings. The van der Waals surface area contributed by atoms with Crippen LogP contribution in [0, 0.1) is 20.2 Å². The van der Waals surface area contributed by atoms with E-state index >= 15 is 0 Å². The Kier molecular flexibility index (Phi) is 7.24. The third kappa shape index (κ3) is 4.97. The molecule has 38 heavy (non-hydrogen) atoms. The molecule has 0 saturated carbocycles. The van der Waals surface area contributed by atoms with E-state index in [2.05, 4.69) is 5.32 Å². The molecular weight excluding hydrogens is 524 g/mol. The predicted octanol–water partition coefficient (Wildman–Crippen LogP) is 1.92. The van der Waals surface area contributed by atoms with Crippen molar-refractivity contribution in [1.82, 2.24) is 10.2 Å². The Labute approximate surface area is 218 Å². The molecule has 2 heterocycles. The number of ether oxygens (including phenoxy) is 2. The van der Waals surface area contributed by atoms with Crippen LogP contribution in [0.25, 0.3) is 0 Å². The van der Waals surface area contributed by atoms with Gasteiger partial charge in [-0.2, -0.15) is 0 Å². The van der Waals surface area contributed by atoms with Crippen LogP contribution in [-0.2, 0) is 43.5 Å². The molecule has 1 unspecified atom stereocenters. The normalized spacial score (nSPS) is 23.1. The molecule has 2 aromatic rings. The second kappa shape index (κ2) is 10.3. The highest BCUT2D eigenvalue weighted by molar-refractivity contribution is 7.94. The van der Waals surface area contributed by atoms with Crippen molar-refractivity contribution in [2.75, 3.05) is 0 Å². The average Bonchev–Trinajstić information content (AvgIpc) is 3.07. The van der Waals surface area contributed by atoms with Crippen molar-refractivity contribution in [2.45, 2.75) is 49.3 Å². The van der Waals surface area contributed by atoms with Crippen molar-refractivity contribution in [3.05, 3.63) is 79.9 Å². The second-order valence-corrected chi connectivity index (χ2v) is 11.2. The minimum atomic E-state index is -1.75. The molecule has 1 N–H and O–H groups in total. The van der Waals surface area contributed by atoms with E-state index in [9.17, 15) is 39.2 Å². The molecular formula is C23H22N4O10S. The van der Waals surface area contributed by atoms with Crippen molar-refractivity contribution >= 4 is 40.5 Å². The second-order valence-electron chi connectivity index (χ2n) is 9.09. The number of alkyl carbamates (subject to hydrolysis) is 1. The lowest BCUT2D eigenvalue weighted by atomic mass is 9.96. The number of amides is 2. The van der Waals surface area contributed by atoms with Crippen LogP contribution in [0.4, 0.5) is 16.2 Å². The number of non-ortho nitro benzene ring substituents is 2. The Morgan fingerprint density at radius 3 is 1.89 bits per heavy atom. The van der Waals surface area contributed by atoms with E-state index in [0.29, 0.717) is 11.1 Å². The van der Waals surface area contributed by atoms with Crippen molar-refractivity contribution in [3.8, 4) is 0 Å². The first-order valence-corrected chi connectivity index (χ1v) is 12.4.